The molecule has 2 heterocycles. The summed E-state index contributed by atoms with van der Waals surface area (Å²) in [4.78, 5) is 0. The highest BCUT2D eigenvalue weighted by atomic mass is 35.5. The van der Waals surface area contributed by atoms with Gasteiger partial charge in [-0.25, -0.2) is 0 Å². The molecule has 1 unspecified atom stereocenters. The number of hydrogen-bond donors (Lipinski definition) is 1. The summed E-state index contributed by atoms with van der Waals surface area (Å²) in [7, 11) is 0. The molecule has 0 bridgehead atoms. The average molecular weight is 298 g/mol. The Balaban J connectivity index is 2.51. The fraction of sp³-hybridized carbons (Fsp3) is 0.500. The molecule has 0 aromatic carbocycles. The third-order valence-electron chi connectivity index (χ3n) is 3.16. The molecule has 2 rings (SSSR count). The Hall–Kier alpha value is -0.840. The van der Waals surface area contributed by atoms with E-state index in [-0.39, 0.29) is 6.04 Å². The molecule has 19 heavy (non-hydrogen) atoms. The maximum atomic E-state index is 6.37. The zero-order valence-electron chi connectivity index (χ0n) is 11.8. The molecule has 1 N–H and O–H groups in total. The summed E-state index contributed by atoms with van der Waals surface area (Å²) in [5.41, 5.74) is 3.64. The predicted octanol–water partition coefficient (Wildman–Crippen LogP) is 4.19. The Labute approximate surface area is 123 Å². The summed E-state index contributed by atoms with van der Waals surface area (Å²) >= 11 is 8.09. The van der Waals surface area contributed by atoms with Gasteiger partial charge in [0.1, 0.15) is 0 Å². The second-order valence-corrected chi connectivity index (χ2v) is 6.07. The standard InChI is InChI=1S/C14H20ClN3S/c1-5-16-13(11-8-19-7-10(11)4)14-12(15)6-17-18(14)9(2)3/h6-9,13,16H,5H2,1-4H3. The van der Waals surface area contributed by atoms with Gasteiger partial charge in [0, 0.05) is 6.04 Å². The van der Waals surface area contributed by atoms with Crippen LogP contribution in [0.4, 0.5) is 0 Å². The first kappa shape index (κ1) is 14.6. The van der Waals surface area contributed by atoms with Crippen LogP contribution in [0.2, 0.25) is 5.02 Å². The van der Waals surface area contributed by atoms with Crippen LogP contribution >= 0.6 is 22.9 Å². The molecule has 0 saturated carbocycles. The molecule has 0 saturated heterocycles. The summed E-state index contributed by atoms with van der Waals surface area (Å²) in [6.07, 6.45) is 1.74. The SMILES string of the molecule is CCNC(c1cscc1C)c1c(Cl)cnn1C(C)C. The lowest BCUT2D eigenvalue weighted by molar-refractivity contribution is 0.476. The van der Waals surface area contributed by atoms with Gasteiger partial charge in [-0.1, -0.05) is 18.5 Å². The van der Waals surface area contributed by atoms with E-state index in [1.807, 2.05) is 4.68 Å². The molecule has 0 amide bonds. The van der Waals surface area contributed by atoms with Gasteiger partial charge in [-0.05, 0) is 49.2 Å². The van der Waals surface area contributed by atoms with Crippen molar-refractivity contribution in [2.24, 2.45) is 0 Å². The quantitative estimate of drug-likeness (QED) is 0.897. The molecule has 0 aliphatic carbocycles. The second-order valence-electron chi connectivity index (χ2n) is 4.92. The maximum absolute atomic E-state index is 6.37. The van der Waals surface area contributed by atoms with Gasteiger partial charge < -0.3 is 5.32 Å². The lowest BCUT2D eigenvalue weighted by Crippen LogP contribution is -2.26. The summed E-state index contributed by atoms with van der Waals surface area (Å²) in [5, 5.41) is 13.0. The van der Waals surface area contributed by atoms with E-state index in [0.717, 1.165) is 17.3 Å². The number of aromatic nitrogens is 2. The second kappa shape index (κ2) is 6.07. The van der Waals surface area contributed by atoms with Crippen molar-refractivity contribution in [1.29, 1.82) is 0 Å². The summed E-state index contributed by atoms with van der Waals surface area (Å²) in [6.45, 7) is 9.38. The molecule has 0 aliphatic heterocycles. The van der Waals surface area contributed by atoms with Crippen LogP contribution in [0.25, 0.3) is 0 Å². The van der Waals surface area contributed by atoms with E-state index in [0.29, 0.717) is 6.04 Å². The molecular formula is C14H20ClN3S. The third kappa shape index (κ3) is 2.86. The number of nitrogens with one attached hydrogen (secondary N) is 1. The fourth-order valence-corrected chi connectivity index (χ4v) is 3.37. The molecule has 2 aromatic rings. The third-order valence-corrected chi connectivity index (χ3v) is 4.33. The Morgan fingerprint density at radius 1 is 1.42 bits per heavy atom. The zero-order chi connectivity index (χ0) is 14.0. The highest BCUT2D eigenvalue weighted by molar-refractivity contribution is 7.08. The molecule has 104 valence electrons. The lowest BCUT2D eigenvalue weighted by atomic mass is 10.0. The van der Waals surface area contributed by atoms with E-state index in [9.17, 15) is 0 Å². The minimum Gasteiger partial charge on any atom is -0.305 e. The van der Waals surface area contributed by atoms with Gasteiger partial charge in [-0.2, -0.15) is 16.4 Å². The van der Waals surface area contributed by atoms with Crippen molar-refractivity contribution in [2.75, 3.05) is 6.54 Å². The van der Waals surface area contributed by atoms with Crippen molar-refractivity contribution in [3.63, 3.8) is 0 Å². The van der Waals surface area contributed by atoms with Crippen molar-refractivity contribution in [3.05, 3.63) is 38.8 Å². The molecule has 0 aliphatic rings. The van der Waals surface area contributed by atoms with Crippen molar-refractivity contribution >= 4 is 22.9 Å². The van der Waals surface area contributed by atoms with Gasteiger partial charge >= 0.3 is 0 Å². The smallest absolute Gasteiger partial charge is 0.0837 e. The number of aryl methyl sites for hydroxylation is 1. The first-order valence-corrected chi connectivity index (χ1v) is 7.87. The van der Waals surface area contributed by atoms with Gasteiger partial charge in [0.05, 0.1) is 23.0 Å². The van der Waals surface area contributed by atoms with Gasteiger partial charge in [0.15, 0.2) is 0 Å². The van der Waals surface area contributed by atoms with Crippen LogP contribution in [-0.2, 0) is 0 Å². The molecule has 2 aromatic heterocycles. The lowest BCUT2D eigenvalue weighted by Gasteiger charge is -2.22. The van der Waals surface area contributed by atoms with Crippen LogP contribution in [0.3, 0.4) is 0 Å². The summed E-state index contributed by atoms with van der Waals surface area (Å²) in [5.74, 6) is 0. The minimum atomic E-state index is 0.105. The van der Waals surface area contributed by atoms with E-state index < -0.39 is 0 Å². The first-order valence-electron chi connectivity index (χ1n) is 6.55. The van der Waals surface area contributed by atoms with Gasteiger partial charge in [-0.15, -0.1) is 0 Å². The molecular weight excluding hydrogens is 278 g/mol. The number of hydrogen-bond acceptors (Lipinski definition) is 3. The number of nitrogens with zero attached hydrogens (tertiary/aromatic N) is 2. The summed E-state index contributed by atoms with van der Waals surface area (Å²) < 4.78 is 2.01. The monoisotopic (exact) mass is 297 g/mol. The van der Waals surface area contributed by atoms with Gasteiger partial charge in [0.25, 0.3) is 0 Å². The Bertz CT molecular complexity index is 545. The van der Waals surface area contributed by atoms with Crippen LogP contribution in [0.5, 0.6) is 0 Å². The molecule has 0 spiro atoms. The van der Waals surface area contributed by atoms with Crippen molar-refractivity contribution in [1.82, 2.24) is 15.1 Å². The molecule has 0 fully saturated rings. The largest absolute Gasteiger partial charge is 0.305 e. The van der Waals surface area contributed by atoms with E-state index in [1.54, 1.807) is 17.5 Å². The van der Waals surface area contributed by atoms with Crippen LogP contribution in [0.15, 0.2) is 17.0 Å². The van der Waals surface area contributed by atoms with Crippen LogP contribution in [-0.4, -0.2) is 16.3 Å². The van der Waals surface area contributed by atoms with Crippen LogP contribution in [0, 0.1) is 6.92 Å². The van der Waals surface area contributed by atoms with Crippen LogP contribution in [0.1, 0.15) is 49.7 Å². The number of thiophene rings is 1. The van der Waals surface area contributed by atoms with E-state index in [4.69, 9.17) is 11.6 Å². The zero-order valence-corrected chi connectivity index (χ0v) is 13.3. The van der Waals surface area contributed by atoms with Crippen molar-refractivity contribution in [2.45, 2.75) is 39.8 Å². The fourth-order valence-electron chi connectivity index (χ4n) is 2.26. The van der Waals surface area contributed by atoms with Gasteiger partial charge in [0.2, 0.25) is 0 Å². The topological polar surface area (TPSA) is 29.9 Å². The van der Waals surface area contributed by atoms with E-state index >= 15 is 0 Å². The Kier molecular flexibility index (Phi) is 4.66. The maximum Gasteiger partial charge on any atom is 0.0837 e. The van der Waals surface area contributed by atoms with Crippen molar-refractivity contribution in [3.8, 4) is 0 Å². The van der Waals surface area contributed by atoms with E-state index in [2.05, 4.69) is 48.9 Å². The van der Waals surface area contributed by atoms with Crippen LogP contribution < -0.4 is 5.32 Å². The Morgan fingerprint density at radius 2 is 2.16 bits per heavy atom. The number of rotatable bonds is 5. The van der Waals surface area contributed by atoms with Gasteiger partial charge in [-0.3, -0.25) is 4.68 Å². The van der Waals surface area contributed by atoms with E-state index in [1.165, 1.54) is 11.1 Å². The van der Waals surface area contributed by atoms with Crippen molar-refractivity contribution < 1.29 is 0 Å². The molecule has 0 radical (unpaired) electrons. The normalized spacial score (nSPS) is 13.2. The minimum absolute atomic E-state index is 0.105. The summed E-state index contributed by atoms with van der Waals surface area (Å²) in [6, 6.07) is 0.399. The average Bonchev–Trinajstić information content (AvgIpc) is 2.93. The molecule has 1 atom stereocenters. The molecule has 5 heteroatoms. The number of halogens is 1. The molecule has 3 nitrogen and oxygen atoms in total. The Morgan fingerprint density at radius 3 is 2.68 bits per heavy atom. The predicted molar refractivity (Wildman–Crippen MR) is 82.2 cm³/mol. The highest BCUT2D eigenvalue weighted by Crippen LogP contribution is 2.33. The highest BCUT2D eigenvalue weighted by Gasteiger charge is 2.24. The first-order chi connectivity index (χ1) is 9.06.